The molecule has 5 heterocycles. The summed E-state index contributed by atoms with van der Waals surface area (Å²) in [5, 5.41) is 4.56. The summed E-state index contributed by atoms with van der Waals surface area (Å²) >= 11 is 0. The van der Waals surface area contributed by atoms with Crippen LogP contribution in [0.1, 0.15) is 43.5 Å². The number of hydrogen-bond donors (Lipinski definition) is 1. The van der Waals surface area contributed by atoms with Gasteiger partial charge in [0, 0.05) is 43.6 Å². The lowest BCUT2D eigenvalue weighted by atomic mass is 10.1. The van der Waals surface area contributed by atoms with Crippen LogP contribution in [0.4, 0.5) is 0 Å². The van der Waals surface area contributed by atoms with Crippen LogP contribution in [0.15, 0.2) is 40.2 Å². The number of pyridine rings is 2. The van der Waals surface area contributed by atoms with E-state index in [4.69, 9.17) is 4.98 Å². The lowest BCUT2D eigenvalue weighted by Crippen LogP contribution is -2.48. The Kier molecular flexibility index (Phi) is 7.61. The van der Waals surface area contributed by atoms with Gasteiger partial charge in [0.2, 0.25) is 10.0 Å². The molecule has 5 rings (SSSR count). The number of nitrogens with zero attached hydrogens (tertiary/aromatic N) is 7. The molecule has 39 heavy (non-hydrogen) atoms. The van der Waals surface area contributed by atoms with Crippen LogP contribution in [0.2, 0.25) is 0 Å². The minimum Gasteiger partial charge on any atom is -0.305 e. The minimum absolute atomic E-state index is 0.0966. The molecular weight excluding hydrogens is 516 g/mol. The van der Waals surface area contributed by atoms with Crippen LogP contribution < -0.4 is 5.56 Å². The van der Waals surface area contributed by atoms with E-state index in [1.807, 2.05) is 39.0 Å². The molecule has 0 spiro atoms. The van der Waals surface area contributed by atoms with Gasteiger partial charge in [-0.3, -0.25) is 19.4 Å². The van der Waals surface area contributed by atoms with Crippen LogP contribution in [0.25, 0.3) is 22.4 Å². The van der Waals surface area contributed by atoms with Gasteiger partial charge in [-0.05, 0) is 44.5 Å². The number of nitrogens with one attached hydrogen (secondary N) is 1. The van der Waals surface area contributed by atoms with Crippen molar-refractivity contribution in [1.29, 1.82) is 0 Å². The Labute approximate surface area is 228 Å². The molecule has 4 aromatic rings. The lowest BCUT2D eigenvalue weighted by molar-refractivity contribution is 0.196. The second-order valence-electron chi connectivity index (χ2n) is 9.70. The van der Waals surface area contributed by atoms with E-state index in [1.165, 1.54) is 10.5 Å². The molecule has 0 amide bonds. The van der Waals surface area contributed by atoms with Gasteiger partial charge in [0.05, 0.1) is 23.6 Å². The summed E-state index contributed by atoms with van der Waals surface area (Å²) < 4.78 is 30.3. The first-order valence-corrected chi connectivity index (χ1v) is 14.8. The maximum atomic E-state index is 13.5. The van der Waals surface area contributed by atoms with Crippen molar-refractivity contribution in [2.75, 3.05) is 32.7 Å². The van der Waals surface area contributed by atoms with E-state index in [1.54, 1.807) is 10.7 Å². The number of aromatic amines is 1. The fraction of sp³-hybridized carbons (Fsp3) is 0.444. The van der Waals surface area contributed by atoms with Crippen LogP contribution in [0, 0.1) is 6.92 Å². The standard InChI is InChI=1S/C27H34N8O3S/c1-5-22-21(15-20(16-28-22)39(37,38)34-13-11-33(7-3)12-14-34)26-30-24-23(6-2)35(32-25(24)27(36)31-26)17-19-10-8-9-18(4)29-19/h8-10,15-16H,5-7,11-14,17H2,1-4H3,(H,30,31,36). The van der Waals surface area contributed by atoms with Crippen molar-refractivity contribution in [3.05, 3.63) is 63.6 Å². The van der Waals surface area contributed by atoms with Crippen LogP contribution in [0.5, 0.6) is 0 Å². The average Bonchev–Trinajstić information content (AvgIpc) is 3.30. The van der Waals surface area contributed by atoms with E-state index in [2.05, 4.69) is 31.9 Å². The largest absolute Gasteiger partial charge is 0.305 e. The van der Waals surface area contributed by atoms with E-state index in [9.17, 15) is 13.2 Å². The molecule has 1 aliphatic rings. The monoisotopic (exact) mass is 550 g/mol. The fourth-order valence-electron chi connectivity index (χ4n) is 5.05. The quantitative estimate of drug-likeness (QED) is 0.354. The molecule has 11 nitrogen and oxygen atoms in total. The van der Waals surface area contributed by atoms with Gasteiger partial charge in [0.1, 0.15) is 16.2 Å². The smallest absolute Gasteiger partial charge is 0.279 e. The van der Waals surface area contributed by atoms with E-state index >= 15 is 0 Å². The van der Waals surface area contributed by atoms with Crippen molar-refractivity contribution >= 4 is 21.1 Å². The van der Waals surface area contributed by atoms with Gasteiger partial charge in [-0.1, -0.05) is 26.8 Å². The first-order valence-electron chi connectivity index (χ1n) is 13.4. The predicted molar refractivity (Wildman–Crippen MR) is 149 cm³/mol. The highest BCUT2D eigenvalue weighted by Gasteiger charge is 2.29. The highest BCUT2D eigenvalue weighted by atomic mass is 32.2. The number of hydrogen-bond acceptors (Lipinski definition) is 8. The molecular formula is C27H34N8O3S. The van der Waals surface area contributed by atoms with E-state index in [-0.39, 0.29) is 21.8 Å². The van der Waals surface area contributed by atoms with Crippen LogP contribution in [-0.4, -0.2) is 80.1 Å². The molecule has 12 heteroatoms. The molecule has 0 bridgehead atoms. The van der Waals surface area contributed by atoms with Crippen molar-refractivity contribution < 1.29 is 8.42 Å². The Hall–Kier alpha value is -3.48. The fourth-order valence-corrected chi connectivity index (χ4v) is 6.45. The normalized spacial score (nSPS) is 15.3. The highest BCUT2D eigenvalue weighted by Crippen LogP contribution is 2.27. The maximum absolute atomic E-state index is 13.5. The Bertz CT molecular complexity index is 1670. The second-order valence-corrected chi connectivity index (χ2v) is 11.6. The molecule has 0 aromatic carbocycles. The highest BCUT2D eigenvalue weighted by molar-refractivity contribution is 7.89. The summed E-state index contributed by atoms with van der Waals surface area (Å²) in [7, 11) is -3.75. The predicted octanol–water partition coefficient (Wildman–Crippen LogP) is 2.38. The molecule has 206 valence electrons. The summed E-state index contributed by atoms with van der Waals surface area (Å²) in [6.07, 6.45) is 2.56. The number of rotatable bonds is 8. The second kappa shape index (κ2) is 10.9. The lowest BCUT2D eigenvalue weighted by Gasteiger charge is -2.33. The molecule has 0 unspecified atom stereocenters. The molecule has 1 N–H and O–H groups in total. The van der Waals surface area contributed by atoms with Crippen molar-refractivity contribution in [1.82, 2.24) is 38.9 Å². The van der Waals surface area contributed by atoms with Crippen LogP contribution in [-0.2, 0) is 29.4 Å². The van der Waals surface area contributed by atoms with E-state index < -0.39 is 10.0 Å². The summed E-state index contributed by atoms with van der Waals surface area (Å²) in [5.41, 5.74) is 4.06. The van der Waals surface area contributed by atoms with Gasteiger partial charge < -0.3 is 9.88 Å². The number of H-pyrrole nitrogens is 1. The van der Waals surface area contributed by atoms with Crippen molar-refractivity contribution in [2.45, 2.75) is 52.0 Å². The van der Waals surface area contributed by atoms with Crippen LogP contribution in [0.3, 0.4) is 0 Å². The summed E-state index contributed by atoms with van der Waals surface area (Å²) in [4.78, 5) is 32.2. The van der Waals surface area contributed by atoms with Crippen molar-refractivity contribution in [2.24, 2.45) is 0 Å². The van der Waals surface area contributed by atoms with Gasteiger partial charge in [-0.15, -0.1) is 0 Å². The molecule has 0 radical (unpaired) electrons. The topological polar surface area (TPSA) is 130 Å². The van der Waals surface area contributed by atoms with Gasteiger partial charge >= 0.3 is 0 Å². The van der Waals surface area contributed by atoms with E-state index in [0.29, 0.717) is 62.3 Å². The summed E-state index contributed by atoms with van der Waals surface area (Å²) in [6, 6.07) is 7.39. The number of piperazine rings is 1. The zero-order valence-corrected chi connectivity index (χ0v) is 23.6. The molecule has 0 saturated carbocycles. The molecule has 0 aliphatic carbocycles. The number of aromatic nitrogens is 6. The Morgan fingerprint density at radius 2 is 1.77 bits per heavy atom. The molecule has 1 saturated heterocycles. The number of sulfonamides is 1. The zero-order valence-electron chi connectivity index (χ0n) is 22.8. The van der Waals surface area contributed by atoms with Gasteiger partial charge in [-0.25, -0.2) is 13.4 Å². The van der Waals surface area contributed by atoms with Gasteiger partial charge in [0.15, 0.2) is 5.52 Å². The third kappa shape index (κ3) is 5.23. The van der Waals surface area contributed by atoms with Crippen molar-refractivity contribution in [3.8, 4) is 11.4 Å². The molecule has 0 atom stereocenters. The third-order valence-electron chi connectivity index (χ3n) is 7.24. The Balaban J connectivity index is 1.57. The van der Waals surface area contributed by atoms with Gasteiger partial charge in [0.25, 0.3) is 5.56 Å². The SMILES string of the molecule is CCc1ncc(S(=O)(=O)N2CCN(CC)CC2)cc1-c1nc2c(CC)n(Cc3cccc(C)n3)nc2c(=O)[nH]1. The number of likely N-dealkylation sites (N-methyl/N-ethyl adjacent to an activating group) is 1. The number of aryl methyl sites for hydroxylation is 3. The molecule has 1 fully saturated rings. The van der Waals surface area contributed by atoms with E-state index in [0.717, 1.165) is 23.6 Å². The summed E-state index contributed by atoms with van der Waals surface area (Å²) in [6.45, 7) is 11.5. The van der Waals surface area contributed by atoms with Crippen molar-refractivity contribution in [3.63, 3.8) is 0 Å². The third-order valence-corrected chi connectivity index (χ3v) is 9.11. The first kappa shape index (κ1) is 27.1. The molecule has 1 aliphatic heterocycles. The van der Waals surface area contributed by atoms with Gasteiger partial charge in [-0.2, -0.15) is 9.40 Å². The number of fused-ring (bicyclic) bond motifs is 1. The minimum atomic E-state index is -3.75. The average molecular weight is 551 g/mol. The molecule has 4 aromatic heterocycles. The first-order chi connectivity index (χ1) is 18.7. The van der Waals surface area contributed by atoms with Crippen LogP contribution >= 0.6 is 0 Å². The summed E-state index contributed by atoms with van der Waals surface area (Å²) in [5.74, 6) is 0.285. The Morgan fingerprint density at radius 1 is 1.00 bits per heavy atom. The maximum Gasteiger partial charge on any atom is 0.279 e. The zero-order chi connectivity index (χ0) is 27.7. The Morgan fingerprint density at radius 3 is 2.44 bits per heavy atom.